The Morgan fingerprint density at radius 1 is 1.33 bits per heavy atom. The Kier molecular flexibility index (Phi) is 3.52. The summed E-state index contributed by atoms with van der Waals surface area (Å²) in [4.78, 5) is 5.51. The standard InChI is InChI=1S/C13H12ClF3N4/c14-10-4-19-21(8-10)7-9-5-20(6-9)12-11(13(15,16)17)2-1-3-18-12/h1-4,8-9H,5-7H2. The van der Waals surface area contributed by atoms with E-state index in [0.717, 1.165) is 6.07 Å². The lowest BCUT2D eigenvalue weighted by molar-refractivity contribution is -0.137. The first-order valence-electron chi connectivity index (χ1n) is 6.38. The van der Waals surface area contributed by atoms with Crippen LogP contribution in [0.1, 0.15) is 5.56 Å². The Morgan fingerprint density at radius 3 is 2.71 bits per heavy atom. The second kappa shape index (κ2) is 5.22. The normalized spacial score (nSPS) is 16.1. The average Bonchev–Trinajstić information content (AvgIpc) is 2.78. The lowest BCUT2D eigenvalue weighted by Gasteiger charge is -2.41. The van der Waals surface area contributed by atoms with Crippen LogP contribution in [0.3, 0.4) is 0 Å². The van der Waals surface area contributed by atoms with Crippen LogP contribution in [0.25, 0.3) is 0 Å². The molecule has 4 nitrogen and oxygen atoms in total. The van der Waals surface area contributed by atoms with Gasteiger partial charge in [-0.15, -0.1) is 0 Å². The summed E-state index contributed by atoms with van der Waals surface area (Å²) in [6.07, 6.45) is 0.236. The smallest absolute Gasteiger partial charge is 0.355 e. The van der Waals surface area contributed by atoms with Gasteiger partial charge in [0.05, 0.1) is 16.8 Å². The van der Waals surface area contributed by atoms with E-state index in [4.69, 9.17) is 11.6 Å². The Morgan fingerprint density at radius 2 is 2.10 bits per heavy atom. The first kappa shape index (κ1) is 14.2. The van der Waals surface area contributed by atoms with Gasteiger partial charge in [-0.3, -0.25) is 4.68 Å². The highest BCUT2D eigenvalue weighted by molar-refractivity contribution is 6.30. The maximum atomic E-state index is 12.9. The monoisotopic (exact) mass is 316 g/mol. The Hall–Kier alpha value is -1.76. The molecule has 0 atom stereocenters. The van der Waals surface area contributed by atoms with Gasteiger partial charge in [-0.1, -0.05) is 11.6 Å². The molecule has 1 aliphatic rings. The summed E-state index contributed by atoms with van der Waals surface area (Å²) in [7, 11) is 0. The fraction of sp³-hybridized carbons (Fsp3) is 0.385. The largest absolute Gasteiger partial charge is 0.419 e. The zero-order valence-electron chi connectivity index (χ0n) is 10.9. The van der Waals surface area contributed by atoms with E-state index in [1.165, 1.54) is 12.3 Å². The number of rotatable bonds is 3. The molecule has 112 valence electrons. The molecule has 0 unspecified atom stereocenters. The minimum absolute atomic E-state index is 0.000234. The van der Waals surface area contributed by atoms with Gasteiger partial charge in [-0.25, -0.2) is 4.98 Å². The molecule has 21 heavy (non-hydrogen) atoms. The number of hydrogen-bond donors (Lipinski definition) is 0. The van der Waals surface area contributed by atoms with Gasteiger partial charge in [0.2, 0.25) is 0 Å². The zero-order valence-corrected chi connectivity index (χ0v) is 11.6. The molecule has 0 aliphatic carbocycles. The summed E-state index contributed by atoms with van der Waals surface area (Å²) in [5.41, 5.74) is -0.689. The van der Waals surface area contributed by atoms with Crippen LogP contribution >= 0.6 is 11.6 Å². The molecule has 1 fully saturated rings. The first-order valence-corrected chi connectivity index (χ1v) is 6.76. The molecule has 0 aromatic carbocycles. The molecular weight excluding hydrogens is 305 g/mol. The van der Waals surface area contributed by atoms with E-state index in [1.54, 1.807) is 22.0 Å². The van der Waals surface area contributed by atoms with Gasteiger partial charge in [0.25, 0.3) is 0 Å². The molecule has 0 radical (unpaired) electrons. The van der Waals surface area contributed by atoms with E-state index < -0.39 is 11.7 Å². The second-order valence-electron chi connectivity index (χ2n) is 5.02. The van der Waals surface area contributed by atoms with Crippen LogP contribution in [0.15, 0.2) is 30.7 Å². The number of alkyl halides is 3. The molecular formula is C13H12ClF3N4. The summed E-state index contributed by atoms with van der Waals surface area (Å²) < 4.78 is 40.5. The van der Waals surface area contributed by atoms with Gasteiger partial charge >= 0.3 is 6.18 Å². The third-order valence-electron chi connectivity index (χ3n) is 3.40. The molecule has 0 bridgehead atoms. The van der Waals surface area contributed by atoms with Gasteiger partial charge in [0.1, 0.15) is 5.82 Å². The number of halogens is 4. The molecule has 2 aromatic heterocycles. The van der Waals surface area contributed by atoms with Gasteiger partial charge in [0, 0.05) is 37.9 Å². The molecule has 1 aliphatic heterocycles. The van der Waals surface area contributed by atoms with Gasteiger partial charge in [-0.2, -0.15) is 18.3 Å². The second-order valence-corrected chi connectivity index (χ2v) is 5.46. The zero-order chi connectivity index (χ0) is 15.0. The third kappa shape index (κ3) is 2.97. The van der Waals surface area contributed by atoms with Crippen molar-refractivity contribution in [2.45, 2.75) is 12.7 Å². The molecule has 0 N–H and O–H groups in total. The Labute approximate surface area is 124 Å². The predicted octanol–water partition coefficient (Wildman–Crippen LogP) is 3.09. The van der Waals surface area contributed by atoms with Crippen LogP contribution in [0.4, 0.5) is 19.0 Å². The van der Waals surface area contributed by atoms with E-state index in [9.17, 15) is 13.2 Å². The quantitative estimate of drug-likeness (QED) is 0.872. The van der Waals surface area contributed by atoms with Crippen molar-refractivity contribution < 1.29 is 13.2 Å². The topological polar surface area (TPSA) is 34.0 Å². The highest BCUT2D eigenvalue weighted by atomic mass is 35.5. The summed E-state index contributed by atoms with van der Waals surface area (Å²) in [5, 5.41) is 4.61. The van der Waals surface area contributed by atoms with E-state index in [-0.39, 0.29) is 11.7 Å². The van der Waals surface area contributed by atoms with Crippen LogP contribution < -0.4 is 4.90 Å². The number of pyridine rings is 1. The maximum absolute atomic E-state index is 12.9. The number of aromatic nitrogens is 3. The van der Waals surface area contributed by atoms with Crippen LogP contribution in [0, 0.1) is 5.92 Å². The van der Waals surface area contributed by atoms with E-state index >= 15 is 0 Å². The van der Waals surface area contributed by atoms with Gasteiger partial charge in [0.15, 0.2) is 0 Å². The lowest BCUT2D eigenvalue weighted by atomic mass is 9.99. The third-order valence-corrected chi connectivity index (χ3v) is 3.59. The fourth-order valence-electron chi connectivity index (χ4n) is 2.43. The van der Waals surface area contributed by atoms with E-state index in [2.05, 4.69) is 10.1 Å². The average molecular weight is 317 g/mol. The number of nitrogens with zero attached hydrogens (tertiary/aromatic N) is 4. The van der Waals surface area contributed by atoms with Crippen LogP contribution in [0.5, 0.6) is 0 Å². The van der Waals surface area contributed by atoms with Crippen molar-refractivity contribution in [3.05, 3.63) is 41.3 Å². The fourth-order valence-corrected chi connectivity index (χ4v) is 2.59. The highest BCUT2D eigenvalue weighted by Gasteiger charge is 2.38. The first-order chi connectivity index (χ1) is 9.93. The van der Waals surface area contributed by atoms with Crippen LogP contribution in [-0.4, -0.2) is 27.9 Å². The molecule has 3 rings (SSSR count). The summed E-state index contributed by atoms with van der Waals surface area (Å²) in [5.74, 6) is 0.240. The molecule has 1 saturated heterocycles. The van der Waals surface area contributed by atoms with Crippen molar-refractivity contribution in [1.29, 1.82) is 0 Å². The number of hydrogen-bond acceptors (Lipinski definition) is 3. The molecule has 3 heterocycles. The SMILES string of the molecule is FC(F)(F)c1cccnc1N1CC(Cn2cc(Cl)cn2)C1. The van der Waals surface area contributed by atoms with E-state index in [0.29, 0.717) is 24.7 Å². The van der Waals surface area contributed by atoms with E-state index in [1.807, 2.05) is 0 Å². The van der Waals surface area contributed by atoms with Crippen molar-refractivity contribution in [1.82, 2.24) is 14.8 Å². The molecule has 8 heteroatoms. The van der Waals surface area contributed by atoms with Crippen LogP contribution in [0.2, 0.25) is 5.02 Å². The molecule has 0 spiro atoms. The van der Waals surface area contributed by atoms with Gasteiger partial charge < -0.3 is 4.90 Å². The maximum Gasteiger partial charge on any atom is 0.419 e. The van der Waals surface area contributed by atoms with Crippen LogP contribution in [-0.2, 0) is 12.7 Å². The van der Waals surface area contributed by atoms with Crippen molar-refractivity contribution >= 4 is 17.4 Å². The van der Waals surface area contributed by atoms with Crippen molar-refractivity contribution in [2.24, 2.45) is 5.92 Å². The van der Waals surface area contributed by atoms with Crippen molar-refractivity contribution in [3.8, 4) is 0 Å². The minimum Gasteiger partial charge on any atom is -0.355 e. The predicted molar refractivity (Wildman–Crippen MR) is 72.2 cm³/mol. The number of anilines is 1. The molecule has 2 aromatic rings. The van der Waals surface area contributed by atoms with Crippen molar-refractivity contribution in [2.75, 3.05) is 18.0 Å². The minimum atomic E-state index is -4.38. The van der Waals surface area contributed by atoms with Gasteiger partial charge in [-0.05, 0) is 12.1 Å². The highest BCUT2D eigenvalue weighted by Crippen LogP contribution is 2.37. The molecule has 0 saturated carbocycles. The summed E-state index contributed by atoms with van der Waals surface area (Å²) >= 11 is 5.77. The Balaban J connectivity index is 1.66. The molecule has 0 amide bonds. The summed E-state index contributed by atoms with van der Waals surface area (Å²) in [6.45, 7) is 1.69. The Bertz CT molecular complexity index is 634. The summed E-state index contributed by atoms with van der Waals surface area (Å²) in [6, 6.07) is 2.36. The van der Waals surface area contributed by atoms with Crippen molar-refractivity contribution in [3.63, 3.8) is 0 Å². The lowest BCUT2D eigenvalue weighted by Crippen LogP contribution is -2.49.